The summed E-state index contributed by atoms with van der Waals surface area (Å²) < 4.78 is 23.5. The van der Waals surface area contributed by atoms with Crippen LogP contribution in [0.1, 0.15) is 68.6 Å². The molecule has 0 spiro atoms. The van der Waals surface area contributed by atoms with Gasteiger partial charge in [-0.05, 0) is 25.0 Å². The summed E-state index contributed by atoms with van der Waals surface area (Å²) >= 11 is 0. The second kappa shape index (κ2) is 9.48. The number of hydrogen-bond donors (Lipinski definition) is 0. The number of fused-ring (bicyclic) bond motifs is 1. The van der Waals surface area contributed by atoms with Crippen LogP contribution >= 0.6 is 0 Å². The molecule has 2 aliphatic heterocycles. The maximum absolute atomic E-state index is 12.6. The second-order valence-electron chi connectivity index (χ2n) is 8.71. The third kappa shape index (κ3) is 4.70. The Labute approximate surface area is 178 Å². The summed E-state index contributed by atoms with van der Waals surface area (Å²) in [7, 11) is 0. The molecule has 4 atom stereocenters. The Kier molecular flexibility index (Phi) is 6.74. The summed E-state index contributed by atoms with van der Waals surface area (Å²) in [5.41, 5.74) is 0.545. The van der Waals surface area contributed by atoms with Gasteiger partial charge < -0.3 is 18.9 Å². The molecule has 6 heteroatoms. The average Bonchev–Trinajstić information content (AvgIpc) is 3.43. The highest BCUT2D eigenvalue weighted by atomic mass is 16.7. The predicted molar refractivity (Wildman–Crippen MR) is 110 cm³/mol. The molecule has 164 valence electrons. The van der Waals surface area contributed by atoms with Gasteiger partial charge >= 0.3 is 11.9 Å². The highest BCUT2D eigenvalue weighted by Gasteiger charge is 2.52. The zero-order valence-corrected chi connectivity index (χ0v) is 17.7. The molecule has 0 bridgehead atoms. The first-order chi connectivity index (χ1) is 14.6. The Morgan fingerprint density at radius 3 is 2.63 bits per heavy atom. The van der Waals surface area contributed by atoms with Gasteiger partial charge in [0.15, 0.2) is 5.79 Å². The highest BCUT2D eigenvalue weighted by molar-refractivity contribution is 5.89. The second-order valence-corrected chi connectivity index (χ2v) is 8.71. The van der Waals surface area contributed by atoms with E-state index in [0.29, 0.717) is 31.6 Å². The van der Waals surface area contributed by atoms with Gasteiger partial charge in [-0.25, -0.2) is 4.79 Å². The summed E-state index contributed by atoms with van der Waals surface area (Å²) in [5, 5.41) is 0. The zero-order valence-electron chi connectivity index (χ0n) is 17.7. The predicted octanol–water partition coefficient (Wildman–Crippen LogP) is 4.27. The molecule has 4 unspecified atom stereocenters. The first kappa shape index (κ1) is 21.3. The van der Waals surface area contributed by atoms with Crippen molar-refractivity contribution in [1.29, 1.82) is 0 Å². The molecule has 0 radical (unpaired) electrons. The van der Waals surface area contributed by atoms with E-state index in [4.69, 9.17) is 18.9 Å². The Bertz CT molecular complexity index is 726. The molecule has 6 nitrogen and oxygen atoms in total. The van der Waals surface area contributed by atoms with Gasteiger partial charge in [0.05, 0.1) is 25.2 Å². The van der Waals surface area contributed by atoms with E-state index in [1.165, 1.54) is 0 Å². The summed E-state index contributed by atoms with van der Waals surface area (Å²) in [5.74, 6) is -0.827. The fourth-order valence-electron chi connectivity index (χ4n) is 5.21. The molecular weight excluding hydrogens is 384 g/mol. The maximum Gasteiger partial charge on any atom is 0.338 e. The first-order valence-electron chi connectivity index (χ1n) is 11.3. The van der Waals surface area contributed by atoms with Crippen LogP contribution in [0.5, 0.6) is 0 Å². The number of unbranched alkanes of at least 4 members (excludes halogenated alkanes) is 2. The van der Waals surface area contributed by atoms with Crippen LogP contribution in [-0.4, -0.2) is 43.1 Å². The minimum Gasteiger partial charge on any atom is -0.462 e. The lowest BCUT2D eigenvalue weighted by Crippen LogP contribution is -2.33. The number of hydrogen-bond acceptors (Lipinski definition) is 6. The van der Waals surface area contributed by atoms with Crippen molar-refractivity contribution in [1.82, 2.24) is 0 Å². The molecule has 1 aliphatic carbocycles. The number of carbonyl (C=O) groups is 2. The molecule has 1 aromatic carbocycles. The van der Waals surface area contributed by atoms with E-state index in [1.54, 1.807) is 12.1 Å². The van der Waals surface area contributed by atoms with Crippen molar-refractivity contribution in [2.24, 2.45) is 11.8 Å². The topological polar surface area (TPSA) is 71.1 Å². The Morgan fingerprint density at radius 2 is 1.90 bits per heavy atom. The van der Waals surface area contributed by atoms with Crippen molar-refractivity contribution in [2.75, 3.05) is 13.2 Å². The van der Waals surface area contributed by atoms with E-state index in [0.717, 1.165) is 38.5 Å². The molecule has 3 fully saturated rings. The van der Waals surface area contributed by atoms with Gasteiger partial charge in [0.25, 0.3) is 0 Å². The van der Waals surface area contributed by atoms with Crippen molar-refractivity contribution < 1.29 is 28.5 Å². The first-order valence-corrected chi connectivity index (χ1v) is 11.3. The summed E-state index contributed by atoms with van der Waals surface area (Å²) in [6.07, 6.45) is 6.36. The lowest BCUT2D eigenvalue weighted by atomic mass is 9.86. The third-order valence-electron chi connectivity index (χ3n) is 6.76. The quantitative estimate of drug-likeness (QED) is 0.442. The van der Waals surface area contributed by atoms with E-state index in [9.17, 15) is 9.59 Å². The van der Waals surface area contributed by atoms with E-state index < -0.39 is 5.79 Å². The summed E-state index contributed by atoms with van der Waals surface area (Å²) in [4.78, 5) is 24.5. The van der Waals surface area contributed by atoms with E-state index in [-0.39, 0.29) is 36.0 Å². The van der Waals surface area contributed by atoms with Crippen molar-refractivity contribution >= 4 is 11.9 Å². The van der Waals surface area contributed by atoms with Crippen molar-refractivity contribution in [3.8, 4) is 0 Å². The van der Waals surface area contributed by atoms with Crippen LogP contribution in [0.15, 0.2) is 30.3 Å². The van der Waals surface area contributed by atoms with Crippen LogP contribution < -0.4 is 0 Å². The minimum atomic E-state index is -0.537. The van der Waals surface area contributed by atoms with Crippen LogP contribution in [-0.2, 0) is 23.7 Å². The van der Waals surface area contributed by atoms with Crippen molar-refractivity contribution in [3.05, 3.63) is 35.9 Å². The minimum absolute atomic E-state index is 0.0740. The van der Waals surface area contributed by atoms with Gasteiger partial charge in [0.2, 0.25) is 0 Å². The van der Waals surface area contributed by atoms with Gasteiger partial charge in [0, 0.05) is 31.1 Å². The highest BCUT2D eigenvalue weighted by Crippen LogP contribution is 2.46. The zero-order chi connectivity index (χ0) is 21.0. The van der Waals surface area contributed by atoms with Crippen LogP contribution in [0.3, 0.4) is 0 Å². The Morgan fingerprint density at radius 1 is 1.13 bits per heavy atom. The molecule has 0 N–H and O–H groups in total. The molecule has 3 aliphatic rings. The van der Waals surface area contributed by atoms with E-state index in [1.807, 2.05) is 18.2 Å². The number of benzene rings is 1. The van der Waals surface area contributed by atoms with Gasteiger partial charge in [-0.3, -0.25) is 4.79 Å². The number of ether oxygens (including phenoxy) is 4. The number of rotatable bonds is 9. The fraction of sp³-hybridized carbons (Fsp3) is 0.667. The largest absolute Gasteiger partial charge is 0.462 e. The standard InChI is InChI=1S/C24H32O6/c1-2-3-7-11-24(27-13-14-28-24)12-10-18-19-15-22(25)29-21(19)16-20(18)30-23(26)17-8-5-4-6-9-17/h4-6,8-9,18-21H,2-3,7,10-16H2,1H3. The molecule has 4 rings (SSSR count). The molecule has 30 heavy (non-hydrogen) atoms. The normalized spacial score (nSPS) is 29.6. The molecule has 0 aromatic heterocycles. The lowest BCUT2D eigenvalue weighted by Gasteiger charge is -2.31. The van der Waals surface area contributed by atoms with E-state index in [2.05, 4.69) is 6.92 Å². The van der Waals surface area contributed by atoms with Crippen LogP contribution in [0, 0.1) is 11.8 Å². The third-order valence-corrected chi connectivity index (χ3v) is 6.76. The van der Waals surface area contributed by atoms with E-state index >= 15 is 0 Å². The maximum atomic E-state index is 12.6. The molecule has 2 heterocycles. The fourth-order valence-corrected chi connectivity index (χ4v) is 5.21. The molecule has 1 saturated carbocycles. The number of carbonyl (C=O) groups excluding carboxylic acids is 2. The van der Waals surface area contributed by atoms with Gasteiger partial charge in [-0.2, -0.15) is 0 Å². The Hall–Kier alpha value is -1.92. The monoisotopic (exact) mass is 416 g/mol. The van der Waals surface area contributed by atoms with Gasteiger partial charge in [0.1, 0.15) is 12.2 Å². The SMILES string of the molecule is CCCCCC1(CCC2C(OC(=O)c3ccccc3)CC3OC(=O)CC32)OCCO1. The van der Waals surface area contributed by atoms with Crippen LogP contribution in [0.25, 0.3) is 0 Å². The molecular formula is C24H32O6. The molecule has 1 aromatic rings. The average molecular weight is 417 g/mol. The van der Waals surface area contributed by atoms with Crippen LogP contribution in [0.4, 0.5) is 0 Å². The van der Waals surface area contributed by atoms with Gasteiger partial charge in [-0.15, -0.1) is 0 Å². The molecule has 0 amide bonds. The van der Waals surface area contributed by atoms with Gasteiger partial charge in [-0.1, -0.05) is 38.0 Å². The summed E-state index contributed by atoms with van der Waals surface area (Å²) in [6.45, 7) is 3.43. The van der Waals surface area contributed by atoms with Crippen LogP contribution in [0.2, 0.25) is 0 Å². The number of esters is 2. The summed E-state index contributed by atoms with van der Waals surface area (Å²) in [6, 6.07) is 9.05. The van der Waals surface area contributed by atoms with Crippen molar-refractivity contribution in [2.45, 2.75) is 76.3 Å². The Balaban J connectivity index is 1.43. The smallest absolute Gasteiger partial charge is 0.338 e. The lowest BCUT2D eigenvalue weighted by molar-refractivity contribution is -0.171. The molecule has 2 saturated heterocycles. The van der Waals surface area contributed by atoms with Crippen molar-refractivity contribution in [3.63, 3.8) is 0 Å².